The molecule has 0 aliphatic heterocycles. The molecule has 0 bridgehead atoms. The summed E-state index contributed by atoms with van der Waals surface area (Å²) in [6.07, 6.45) is 0. The molecule has 1 amide bonds. The van der Waals surface area contributed by atoms with Crippen molar-refractivity contribution < 1.29 is 13.6 Å². The number of amides is 1. The van der Waals surface area contributed by atoms with E-state index in [1.807, 2.05) is 36.4 Å². The van der Waals surface area contributed by atoms with Gasteiger partial charge in [-0.2, -0.15) is 0 Å². The van der Waals surface area contributed by atoms with Crippen molar-refractivity contribution in [2.24, 2.45) is 0 Å². The van der Waals surface area contributed by atoms with Crippen LogP contribution in [0.25, 0.3) is 20.8 Å². The van der Waals surface area contributed by atoms with E-state index in [0.29, 0.717) is 5.69 Å². The molecule has 3 aromatic carbocycles. The normalized spacial score (nSPS) is 10.8. The molecule has 0 saturated carbocycles. The zero-order valence-electron chi connectivity index (χ0n) is 13.4. The van der Waals surface area contributed by atoms with Crippen molar-refractivity contribution in [2.45, 2.75) is 0 Å². The third kappa shape index (κ3) is 3.07. The Balaban J connectivity index is 1.69. The van der Waals surface area contributed by atoms with Gasteiger partial charge in [-0.3, -0.25) is 4.79 Å². The zero-order valence-corrected chi connectivity index (χ0v) is 14.2. The van der Waals surface area contributed by atoms with Crippen LogP contribution in [0, 0.1) is 11.6 Å². The second-order valence-corrected chi connectivity index (χ2v) is 6.65. The van der Waals surface area contributed by atoms with Gasteiger partial charge in [0.25, 0.3) is 5.91 Å². The van der Waals surface area contributed by atoms with Gasteiger partial charge in [0.15, 0.2) is 11.6 Å². The molecule has 0 aliphatic carbocycles. The average molecular weight is 366 g/mol. The molecule has 0 saturated heterocycles. The number of para-hydroxylation sites is 2. The summed E-state index contributed by atoms with van der Waals surface area (Å²) in [4.78, 5) is 17.0. The molecule has 4 aromatic rings. The van der Waals surface area contributed by atoms with E-state index < -0.39 is 17.5 Å². The Hall–Kier alpha value is -3.12. The number of thiazole rings is 1. The number of hydrogen-bond acceptors (Lipinski definition) is 3. The minimum absolute atomic E-state index is 0.0444. The molecule has 0 fully saturated rings. The highest BCUT2D eigenvalue weighted by atomic mass is 32.1. The molecule has 1 N–H and O–H groups in total. The third-order valence-corrected chi connectivity index (χ3v) is 4.95. The first-order valence-electron chi connectivity index (χ1n) is 7.83. The number of hydrogen-bond donors (Lipinski definition) is 1. The van der Waals surface area contributed by atoms with Crippen LogP contribution < -0.4 is 5.32 Å². The Bertz CT molecular complexity index is 1090. The molecule has 0 aliphatic rings. The van der Waals surface area contributed by atoms with Gasteiger partial charge in [-0.25, -0.2) is 13.8 Å². The van der Waals surface area contributed by atoms with Gasteiger partial charge in [0.1, 0.15) is 5.01 Å². The summed E-state index contributed by atoms with van der Waals surface area (Å²) in [6, 6.07) is 18.1. The number of carbonyl (C=O) groups is 1. The lowest BCUT2D eigenvalue weighted by Crippen LogP contribution is -2.13. The van der Waals surface area contributed by atoms with Crippen LogP contribution in [-0.2, 0) is 0 Å². The van der Waals surface area contributed by atoms with Crippen molar-refractivity contribution in [3.05, 3.63) is 83.9 Å². The van der Waals surface area contributed by atoms with E-state index >= 15 is 0 Å². The Morgan fingerprint density at radius 3 is 2.50 bits per heavy atom. The number of carbonyl (C=O) groups excluding carboxylic acids is 1. The number of rotatable bonds is 3. The van der Waals surface area contributed by atoms with Crippen molar-refractivity contribution in [3.63, 3.8) is 0 Å². The van der Waals surface area contributed by atoms with Gasteiger partial charge in [0, 0.05) is 11.1 Å². The molecule has 1 aromatic heterocycles. The average Bonchev–Trinajstić information content (AvgIpc) is 3.08. The maximum absolute atomic E-state index is 13.4. The monoisotopic (exact) mass is 366 g/mol. The largest absolute Gasteiger partial charge is 0.321 e. The van der Waals surface area contributed by atoms with Crippen molar-refractivity contribution in [3.8, 4) is 10.6 Å². The topological polar surface area (TPSA) is 42.0 Å². The van der Waals surface area contributed by atoms with Gasteiger partial charge in [0.2, 0.25) is 0 Å². The second kappa shape index (κ2) is 6.65. The summed E-state index contributed by atoms with van der Waals surface area (Å²) < 4.78 is 27.5. The Kier molecular flexibility index (Phi) is 4.18. The quantitative estimate of drug-likeness (QED) is 0.521. The first-order chi connectivity index (χ1) is 12.6. The van der Waals surface area contributed by atoms with E-state index in [9.17, 15) is 13.6 Å². The lowest BCUT2D eigenvalue weighted by Gasteiger charge is -2.09. The van der Waals surface area contributed by atoms with Crippen molar-refractivity contribution in [2.75, 3.05) is 5.32 Å². The van der Waals surface area contributed by atoms with Gasteiger partial charge in [0.05, 0.1) is 15.9 Å². The lowest BCUT2D eigenvalue weighted by molar-refractivity contribution is 0.102. The standard InChI is InChI=1S/C20H12F2N2OS/c21-14-10-9-12(11-15(14)22)19(25)23-16-6-2-1-5-13(16)20-24-17-7-3-4-8-18(17)26-20/h1-11H,(H,23,25). The zero-order chi connectivity index (χ0) is 18.1. The number of nitrogens with zero attached hydrogens (tertiary/aromatic N) is 1. The third-order valence-electron chi connectivity index (χ3n) is 3.88. The molecule has 0 atom stereocenters. The smallest absolute Gasteiger partial charge is 0.255 e. The van der Waals surface area contributed by atoms with E-state index in [2.05, 4.69) is 10.3 Å². The molecule has 26 heavy (non-hydrogen) atoms. The summed E-state index contributed by atoms with van der Waals surface area (Å²) in [7, 11) is 0. The van der Waals surface area contributed by atoms with Gasteiger partial charge in [-0.1, -0.05) is 24.3 Å². The Morgan fingerprint density at radius 1 is 0.923 bits per heavy atom. The van der Waals surface area contributed by atoms with Crippen LogP contribution >= 0.6 is 11.3 Å². The fourth-order valence-corrected chi connectivity index (χ4v) is 3.60. The summed E-state index contributed by atoms with van der Waals surface area (Å²) >= 11 is 1.52. The van der Waals surface area contributed by atoms with Crippen LogP contribution in [0.4, 0.5) is 14.5 Å². The van der Waals surface area contributed by atoms with Crippen molar-refractivity contribution in [1.82, 2.24) is 4.98 Å². The number of halogens is 2. The number of fused-ring (bicyclic) bond motifs is 1. The molecule has 0 unspecified atom stereocenters. The molecule has 3 nitrogen and oxygen atoms in total. The second-order valence-electron chi connectivity index (χ2n) is 5.62. The highest BCUT2D eigenvalue weighted by Crippen LogP contribution is 2.34. The summed E-state index contributed by atoms with van der Waals surface area (Å²) in [6.45, 7) is 0. The molecule has 1 heterocycles. The van der Waals surface area contributed by atoms with E-state index in [-0.39, 0.29) is 5.56 Å². The fraction of sp³-hybridized carbons (Fsp3) is 0. The maximum atomic E-state index is 13.4. The number of benzene rings is 3. The summed E-state index contributed by atoms with van der Waals surface area (Å²) in [5.41, 5.74) is 2.25. The van der Waals surface area contributed by atoms with Gasteiger partial charge in [-0.15, -0.1) is 11.3 Å². The van der Waals surface area contributed by atoms with E-state index in [1.54, 1.807) is 12.1 Å². The maximum Gasteiger partial charge on any atom is 0.255 e. The Morgan fingerprint density at radius 2 is 1.69 bits per heavy atom. The molecular weight excluding hydrogens is 354 g/mol. The molecular formula is C20H12F2N2OS. The van der Waals surface area contributed by atoms with Crippen molar-refractivity contribution >= 4 is 33.1 Å². The first-order valence-corrected chi connectivity index (χ1v) is 8.65. The highest BCUT2D eigenvalue weighted by molar-refractivity contribution is 7.21. The van der Waals surface area contributed by atoms with Gasteiger partial charge < -0.3 is 5.32 Å². The van der Waals surface area contributed by atoms with Crippen LogP contribution in [0.1, 0.15) is 10.4 Å². The minimum Gasteiger partial charge on any atom is -0.321 e. The Labute approximate surface area is 151 Å². The molecule has 4 rings (SSSR count). The lowest BCUT2D eigenvalue weighted by atomic mass is 10.1. The first kappa shape index (κ1) is 16.4. The number of anilines is 1. The van der Waals surface area contributed by atoms with Crippen LogP contribution in [0.15, 0.2) is 66.7 Å². The van der Waals surface area contributed by atoms with Gasteiger partial charge in [-0.05, 0) is 42.5 Å². The fourth-order valence-electron chi connectivity index (χ4n) is 2.60. The minimum atomic E-state index is -1.06. The molecule has 6 heteroatoms. The SMILES string of the molecule is O=C(Nc1ccccc1-c1nc2ccccc2s1)c1ccc(F)c(F)c1. The number of aromatic nitrogens is 1. The molecule has 128 valence electrons. The van der Waals surface area contributed by atoms with Crippen molar-refractivity contribution in [1.29, 1.82) is 0 Å². The van der Waals surface area contributed by atoms with E-state index in [0.717, 1.165) is 32.9 Å². The summed E-state index contributed by atoms with van der Waals surface area (Å²) in [5, 5.41) is 3.53. The van der Waals surface area contributed by atoms with Crippen LogP contribution in [-0.4, -0.2) is 10.9 Å². The number of nitrogens with one attached hydrogen (secondary N) is 1. The van der Waals surface area contributed by atoms with E-state index in [4.69, 9.17) is 0 Å². The van der Waals surface area contributed by atoms with Gasteiger partial charge >= 0.3 is 0 Å². The van der Waals surface area contributed by atoms with Crippen LogP contribution in [0.3, 0.4) is 0 Å². The van der Waals surface area contributed by atoms with Crippen LogP contribution in [0.2, 0.25) is 0 Å². The highest BCUT2D eigenvalue weighted by Gasteiger charge is 2.14. The molecule has 0 spiro atoms. The summed E-state index contributed by atoms with van der Waals surface area (Å²) in [5.74, 6) is -2.56. The van der Waals surface area contributed by atoms with E-state index in [1.165, 1.54) is 17.4 Å². The predicted octanol–water partition coefficient (Wildman–Crippen LogP) is 5.49. The molecule has 0 radical (unpaired) electrons. The predicted molar refractivity (Wildman–Crippen MR) is 99.4 cm³/mol. The van der Waals surface area contributed by atoms with Crippen LogP contribution in [0.5, 0.6) is 0 Å².